The second-order valence-corrected chi connectivity index (χ2v) is 8.88. The third kappa shape index (κ3) is 3.40. The first-order valence-electron chi connectivity index (χ1n) is 10.9. The monoisotopic (exact) mass is 421 g/mol. The summed E-state index contributed by atoms with van der Waals surface area (Å²) < 4.78 is 1.57. The summed E-state index contributed by atoms with van der Waals surface area (Å²) in [6.07, 6.45) is 4.67. The van der Waals surface area contributed by atoms with Crippen LogP contribution >= 0.6 is 0 Å². The number of hydrogen-bond donors (Lipinski definition) is 0. The number of hydrogen-bond acceptors (Lipinski definition) is 4. The lowest BCUT2D eigenvalue weighted by Crippen LogP contribution is -2.57. The second kappa shape index (κ2) is 7.51. The first-order valence-corrected chi connectivity index (χ1v) is 10.9. The lowest BCUT2D eigenvalue weighted by molar-refractivity contribution is -0.135. The highest BCUT2D eigenvalue weighted by Gasteiger charge is 2.58. The maximum absolute atomic E-state index is 13.6. The Morgan fingerprint density at radius 3 is 2.42 bits per heavy atom. The van der Waals surface area contributed by atoms with E-state index in [9.17, 15) is 14.4 Å². The average Bonchev–Trinajstić information content (AvgIpc) is 3.49. The van der Waals surface area contributed by atoms with Crippen molar-refractivity contribution in [1.82, 2.24) is 24.5 Å². The van der Waals surface area contributed by atoms with Crippen molar-refractivity contribution in [2.45, 2.75) is 37.8 Å². The molecule has 162 valence electrons. The van der Waals surface area contributed by atoms with Crippen molar-refractivity contribution in [2.75, 3.05) is 19.6 Å². The van der Waals surface area contributed by atoms with Crippen molar-refractivity contribution in [2.24, 2.45) is 13.0 Å². The highest BCUT2D eigenvalue weighted by Crippen LogP contribution is 2.41. The molecule has 1 spiro atoms. The minimum atomic E-state index is -0.870. The van der Waals surface area contributed by atoms with E-state index in [1.54, 1.807) is 33.8 Å². The van der Waals surface area contributed by atoms with Gasteiger partial charge in [-0.2, -0.15) is 5.10 Å². The van der Waals surface area contributed by atoms with E-state index in [1.165, 1.54) is 4.90 Å². The zero-order valence-electron chi connectivity index (χ0n) is 17.7. The Bertz CT molecular complexity index is 1010. The Morgan fingerprint density at radius 1 is 1.10 bits per heavy atom. The Kier molecular flexibility index (Phi) is 4.79. The van der Waals surface area contributed by atoms with Gasteiger partial charge in [0, 0.05) is 39.4 Å². The van der Waals surface area contributed by atoms with E-state index in [4.69, 9.17) is 0 Å². The summed E-state index contributed by atoms with van der Waals surface area (Å²) in [7, 11) is 1.75. The van der Waals surface area contributed by atoms with Crippen LogP contribution in [0.3, 0.4) is 0 Å². The molecule has 1 aromatic carbocycles. The molecule has 3 fully saturated rings. The molecule has 0 N–H and O–H groups in total. The van der Waals surface area contributed by atoms with Crippen molar-refractivity contribution < 1.29 is 14.4 Å². The van der Waals surface area contributed by atoms with E-state index < -0.39 is 5.54 Å². The van der Waals surface area contributed by atoms with Gasteiger partial charge in [0.2, 0.25) is 0 Å². The summed E-state index contributed by atoms with van der Waals surface area (Å²) in [4.78, 5) is 44.8. The zero-order valence-corrected chi connectivity index (χ0v) is 17.7. The standard InChI is InChI=1S/C23H27N5O3/c1-25-19(9-12-24-25)20(29)26-13-10-23(11-14-26)21(30)27(15-18-7-8-18)22(31)28(23)16-17-5-3-2-4-6-17/h2-6,9,12,18H,7-8,10-11,13-16H2,1H3. The van der Waals surface area contributed by atoms with E-state index >= 15 is 0 Å². The molecule has 1 saturated carbocycles. The molecule has 2 aromatic rings. The van der Waals surface area contributed by atoms with Gasteiger partial charge in [-0.1, -0.05) is 30.3 Å². The van der Waals surface area contributed by atoms with Gasteiger partial charge in [0.25, 0.3) is 11.8 Å². The molecule has 0 atom stereocenters. The molecule has 8 heteroatoms. The predicted molar refractivity (Wildman–Crippen MR) is 113 cm³/mol. The number of piperidine rings is 1. The van der Waals surface area contributed by atoms with Crippen LogP contribution in [0.4, 0.5) is 4.79 Å². The van der Waals surface area contributed by atoms with Gasteiger partial charge in [-0.3, -0.25) is 19.2 Å². The molecular formula is C23H27N5O3. The van der Waals surface area contributed by atoms with Crippen LogP contribution in [-0.2, 0) is 18.4 Å². The Morgan fingerprint density at radius 2 is 1.81 bits per heavy atom. The first kappa shape index (κ1) is 19.8. The third-order valence-corrected chi connectivity index (χ3v) is 6.86. The van der Waals surface area contributed by atoms with Crippen LogP contribution in [0.5, 0.6) is 0 Å². The van der Waals surface area contributed by atoms with Crippen LogP contribution in [0.2, 0.25) is 0 Å². The first-order chi connectivity index (χ1) is 15.0. The molecule has 0 unspecified atom stereocenters. The van der Waals surface area contributed by atoms with Gasteiger partial charge in [-0.05, 0) is 43.2 Å². The number of carbonyl (C=O) groups is 3. The molecule has 2 aliphatic heterocycles. The molecule has 0 bridgehead atoms. The summed E-state index contributed by atoms with van der Waals surface area (Å²) in [6, 6.07) is 11.3. The highest BCUT2D eigenvalue weighted by molar-refractivity contribution is 6.07. The number of aromatic nitrogens is 2. The van der Waals surface area contributed by atoms with Crippen molar-refractivity contribution in [1.29, 1.82) is 0 Å². The number of likely N-dealkylation sites (tertiary alicyclic amines) is 1. The number of rotatable bonds is 5. The molecule has 4 amide bonds. The van der Waals surface area contributed by atoms with Gasteiger partial charge in [0.1, 0.15) is 11.2 Å². The number of nitrogens with zero attached hydrogens (tertiary/aromatic N) is 5. The molecule has 3 heterocycles. The van der Waals surface area contributed by atoms with Crippen LogP contribution in [-0.4, -0.2) is 67.5 Å². The minimum Gasteiger partial charge on any atom is -0.337 e. The molecular weight excluding hydrogens is 394 g/mol. The number of benzene rings is 1. The molecule has 3 aliphatic rings. The number of imide groups is 1. The van der Waals surface area contributed by atoms with Crippen LogP contribution < -0.4 is 0 Å². The fourth-order valence-electron chi connectivity index (χ4n) is 4.80. The van der Waals surface area contributed by atoms with Gasteiger partial charge in [-0.15, -0.1) is 0 Å². The number of urea groups is 1. The van der Waals surface area contributed by atoms with E-state index in [0.717, 1.165) is 18.4 Å². The molecule has 31 heavy (non-hydrogen) atoms. The van der Waals surface area contributed by atoms with Crippen LogP contribution in [0.1, 0.15) is 41.7 Å². The molecule has 5 rings (SSSR count). The van der Waals surface area contributed by atoms with Crippen LogP contribution in [0, 0.1) is 5.92 Å². The molecule has 0 radical (unpaired) electrons. The van der Waals surface area contributed by atoms with Gasteiger partial charge >= 0.3 is 6.03 Å². The largest absolute Gasteiger partial charge is 0.337 e. The second-order valence-electron chi connectivity index (χ2n) is 8.88. The van der Waals surface area contributed by atoms with Crippen molar-refractivity contribution in [3.8, 4) is 0 Å². The lowest BCUT2D eigenvalue weighted by atomic mass is 9.85. The Balaban J connectivity index is 1.39. The summed E-state index contributed by atoms with van der Waals surface area (Å²) in [6.45, 7) is 1.79. The van der Waals surface area contributed by atoms with E-state index in [-0.39, 0.29) is 17.8 Å². The fraction of sp³-hybridized carbons (Fsp3) is 0.478. The topological polar surface area (TPSA) is 78.8 Å². The quantitative estimate of drug-likeness (QED) is 0.694. The van der Waals surface area contributed by atoms with Crippen molar-refractivity contribution in [3.63, 3.8) is 0 Å². The number of carbonyl (C=O) groups excluding carboxylic acids is 3. The lowest BCUT2D eigenvalue weighted by Gasteiger charge is -2.42. The maximum Gasteiger partial charge on any atom is 0.327 e. The predicted octanol–water partition coefficient (Wildman–Crippen LogP) is 2.27. The zero-order chi connectivity index (χ0) is 21.6. The van der Waals surface area contributed by atoms with Crippen LogP contribution in [0.25, 0.3) is 0 Å². The SMILES string of the molecule is Cn1nccc1C(=O)N1CCC2(CC1)C(=O)N(CC1CC1)C(=O)N2Cc1ccccc1. The smallest absolute Gasteiger partial charge is 0.327 e. The number of amides is 4. The summed E-state index contributed by atoms with van der Waals surface area (Å²) in [5.74, 6) is 0.261. The highest BCUT2D eigenvalue weighted by atomic mass is 16.2. The van der Waals surface area contributed by atoms with Gasteiger partial charge < -0.3 is 9.80 Å². The molecule has 2 saturated heterocycles. The van der Waals surface area contributed by atoms with Crippen LogP contribution in [0.15, 0.2) is 42.6 Å². The third-order valence-electron chi connectivity index (χ3n) is 6.86. The van der Waals surface area contributed by atoms with Crippen molar-refractivity contribution >= 4 is 17.8 Å². The van der Waals surface area contributed by atoms with E-state index in [0.29, 0.717) is 50.6 Å². The van der Waals surface area contributed by atoms with E-state index in [1.807, 2.05) is 30.3 Å². The normalized spacial score (nSPS) is 20.7. The van der Waals surface area contributed by atoms with Gasteiger partial charge in [-0.25, -0.2) is 4.79 Å². The molecule has 1 aromatic heterocycles. The Labute approximate surface area is 181 Å². The van der Waals surface area contributed by atoms with E-state index in [2.05, 4.69) is 5.10 Å². The maximum atomic E-state index is 13.6. The fourth-order valence-corrected chi connectivity index (χ4v) is 4.80. The summed E-state index contributed by atoms with van der Waals surface area (Å²) in [5, 5.41) is 4.08. The van der Waals surface area contributed by atoms with Crippen molar-refractivity contribution in [3.05, 3.63) is 53.9 Å². The average molecular weight is 422 g/mol. The molecule has 8 nitrogen and oxygen atoms in total. The Hall–Kier alpha value is -3.16. The van der Waals surface area contributed by atoms with Gasteiger partial charge in [0.15, 0.2) is 0 Å². The minimum absolute atomic E-state index is 0.0870. The molecule has 1 aliphatic carbocycles. The summed E-state index contributed by atoms with van der Waals surface area (Å²) >= 11 is 0. The number of aryl methyl sites for hydroxylation is 1. The van der Waals surface area contributed by atoms with Gasteiger partial charge in [0.05, 0.1) is 0 Å². The summed E-state index contributed by atoms with van der Waals surface area (Å²) in [5.41, 5.74) is 0.663.